The predicted octanol–water partition coefficient (Wildman–Crippen LogP) is 4.92. The van der Waals surface area contributed by atoms with Gasteiger partial charge in [-0.3, -0.25) is 4.79 Å². The monoisotopic (exact) mass is 401 g/mol. The Bertz CT molecular complexity index is 1160. The van der Waals surface area contributed by atoms with Gasteiger partial charge in [0.2, 0.25) is 0 Å². The molecule has 0 spiro atoms. The van der Waals surface area contributed by atoms with Crippen LogP contribution in [0.3, 0.4) is 0 Å². The summed E-state index contributed by atoms with van der Waals surface area (Å²) in [6.45, 7) is 2.14. The second-order valence-corrected chi connectivity index (χ2v) is 6.93. The second kappa shape index (κ2) is 8.29. The molecule has 6 heteroatoms. The number of aromatic nitrogens is 2. The van der Waals surface area contributed by atoms with Crippen LogP contribution >= 0.6 is 0 Å². The number of methoxy groups -OCH3 is 2. The Morgan fingerprint density at radius 3 is 2.33 bits per heavy atom. The van der Waals surface area contributed by atoms with Crippen LogP contribution in [0.25, 0.3) is 11.0 Å². The van der Waals surface area contributed by atoms with Gasteiger partial charge in [-0.2, -0.15) is 0 Å². The Labute approximate surface area is 175 Å². The number of ether oxygens (including phenoxy) is 2. The molecule has 4 aromatic rings. The first kappa shape index (κ1) is 19.5. The van der Waals surface area contributed by atoms with E-state index in [2.05, 4.69) is 33.9 Å². The van der Waals surface area contributed by atoms with Crippen LogP contribution in [0, 0.1) is 0 Å². The number of rotatable bonds is 6. The molecular weight excluding hydrogens is 378 g/mol. The second-order valence-electron chi connectivity index (χ2n) is 6.93. The quantitative estimate of drug-likeness (QED) is 0.498. The first-order valence-corrected chi connectivity index (χ1v) is 9.66. The van der Waals surface area contributed by atoms with Crippen LogP contribution in [0.1, 0.15) is 28.9 Å². The highest BCUT2D eigenvalue weighted by atomic mass is 16.5. The van der Waals surface area contributed by atoms with Gasteiger partial charge in [-0.25, -0.2) is 4.98 Å². The fourth-order valence-corrected chi connectivity index (χ4v) is 3.58. The number of amides is 1. The highest BCUT2D eigenvalue weighted by Gasteiger charge is 2.19. The summed E-state index contributed by atoms with van der Waals surface area (Å²) in [5.74, 6) is 0.600. The summed E-state index contributed by atoms with van der Waals surface area (Å²) in [5.41, 5.74) is 4.02. The molecule has 1 aromatic heterocycles. The minimum atomic E-state index is -0.305. The van der Waals surface area contributed by atoms with Crippen LogP contribution in [0.15, 0.2) is 73.1 Å². The zero-order chi connectivity index (χ0) is 21.1. The largest absolute Gasteiger partial charge is 0.496 e. The van der Waals surface area contributed by atoms with E-state index in [1.807, 2.05) is 42.7 Å². The topological polar surface area (TPSA) is 65.4 Å². The van der Waals surface area contributed by atoms with Crippen molar-refractivity contribution in [2.75, 3.05) is 19.5 Å². The number of nitrogens with one attached hydrogen (secondary N) is 1. The number of nitrogens with zero attached hydrogens (tertiary/aromatic N) is 2. The Morgan fingerprint density at radius 1 is 0.967 bits per heavy atom. The maximum Gasteiger partial charge on any atom is 0.263 e. The number of carbonyl (C=O) groups is 1. The first-order valence-electron chi connectivity index (χ1n) is 9.66. The summed E-state index contributed by atoms with van der Waals surface area (Å²) < 4.78 is 12.8. The van der Waals surface area contributed by atoms with E-state index in [9.17, 15) is 4.79 Å². The van der Waals surface area contributed by atoms with Gasteiger partial charge >= 0.3 is 0 Å². The molecule has 1 atom stereocenters. The minimum absolute atomic E-state index is 0.148. The van der Waals surface area contributed by atoms with Crippen molar-refractivity contribution in [3.05, 3.63) is 84.2 Å². The third kappa shape index (κ3) is 3.59. The fourth-order valence-electron chi connectivity index (χ4n) is 3.58. The molecule has 0 radical (unpaired) electrons. The van der Waals surface area contributed by atoms with Gasteiger partial charge in [0.1, 0.15) is 17.1 Å². The number of hydrogen-bond acceptors (Lipinski definition) is 4. The van der Waals surface area contributed by atoms with Gasteiger partial charge < -0.3 is 19.4 Å². The van der Waals surface area contributed by atoms with E-state index >= 15 is 0 Å². The lowest BCUT2D eigenvalue weighted by Gasteiger charge is -2.15. The van der Waals surface area contributed by atoms with Crippen molar-refractivity contribution < 1.29 is 14.3 Å². The third-order valence-electron chi connectivity index (χ3n) is 5.19. The van der Waals surface area contributed by atoms with E-state index < -0.39 is 0 Å². The molecule has 1 amide bonds. The lowest BCUT2D eigenvalue weighted by atomic mass is 10.1. The molecule has 0 saturated carbocycles. The number of benzene rings is 3. The zero-order valence-corrected chi connectivity index (χ0v) is 17.1. The van der Waals surface area contributed by atoms with Gasteiger partial charge in [-0.05, 0) is 42.8 Å². The summed E-state index contributed by atoms with van der Waals surface area (Å²) in [5, 5.41) is 2.92. The molecule has 152 valence electrons. The number of hydrogen-bond donors (Lipinski definition) is 1. The summed E-state index contributed by atoms with van der Waals surface area (Å²) >= 11 is 0. The van der Waals surface area contributed by atoms with Crippen LogP contribution in [-0.2, 0) is 0 Å². The maximum absolute atomic E-state index is 12.9. The molecule has 0 aliphatic heterocycles. The van der Waals surface area contributed by atoms with Gasteiger partial charge in [0.05, 0.1) is 37.6 Å². The van der Waals surface area contributed by atoms with E-state index in [1.165, 1.54) is 19.8 Å². The average Bonchev–Trinajstić information content (AvgIpc) is 3.21. The Hall–Kier alpha value is -3.80. The summed E-state index contributed by atoms with van der Waals surface area (Å²) in [4.78, 5) is 17.4. The normalized spacial score (nSPS) is 11.8. The lowest BCUT2D eigenvalue weighted by molar-refractivity contribution is 0.102. The predicted molar refractivity (Wildman–Crippen MR) is 117 cm³/mol. The van der Waals surface area contributed by atoms with Crippen molar-refractivity contribution in [2.24, 2.45) is 0 Å². The summed E-state index contributed by atoms with van der Waals surface area (Å²) in [6, 6.07) is 21.4. The van der Waals surface area contributed by atoms with Gasteiger partial charge in [0.15, 0.2) is 0 Å². The van der Waals surface area contributed by atoms with Crippen molar-refractivity contribution in [2.45, 2.75) is 13.0 Å². The fraction of sp³-hybridized carbons (Fsp3) is 0.167. The highest BCUT2D eigenvalue weighted by molar-refractivity contribution is 6.08. The Balaban J connectivity index is 1.62. The van der Waals surface area contributed by atoms with E-state index in [0.29, 0.717) is 22.7 Å². The molecule has 0 bridgehead atoms. The Kier molecular flexibility index (Phi) is 5.39. The smallest absolute Gasteiger partial charge is 0.263 e. The van der Waals surface area contributed by atoms with Crippen LogP contribution in [0.2, 0.25) is 0 Å². The minimum Gasteiger partial charge on any atom is -0.496 e. The highest BCUT2D eigenvalue weighted by Crippen LogP contribution is 2.30. The van der Waals surface area contributed by atoms with Crippen molar-refractivity contribution in [1.82, 2.24) is 9.55 Å². The molecule has 30 heavy (non-hydrogen) atoms. The van der Waals surface area contributed by atoms with Crippen LogP contribution in [0.5, 0.6) is 11.5 Å². The third-order valence-corrected chi connectivity index (χ3v) is 5.19. The SMILES string of the molecule is COc1cccc(OC)c1C(=O)Nc1ccc2c(c1)ncn2C(C)c1ccccc1. The summed E-state index contributed by atoms with van der Waals surface area (Å²) in [6.07, 6.45) is 1.83. The van der Waals surface area contributed by atoms with Crippen LogP contribution in [-0.4, -0.2) is 29.7 Å². The molecular formula is C24H23N3O3. The standard InChI is InChI=1S/C24H23N3O3/c1-16(17-8-5-4-6-9-17)27-15-25-19-14-18(12-13-20(19)27)26-24(28)23-21(29-2)10-7-11-22(23)30-3/h4-16H,1-3H3,(H,26,28). The van der Waals surface area contributed by atoms with E-state index in [0.717, 1.165) is 11.0 Å². The molecule has 3 aromatic carbocycles. The Morgan fingerprint density at radius 2 is 1.67 bits per heavy atom. The number of carbonyl (C=O) groups excluding carboxylic acids is 1. The lowest BCUT2D eigenvalue weighted by Crippen LogP contribution is -2.14. The van der Waals surface area contributed by atoms with Crippen molar-refractivity contribution in [3.8, 4) is 11.5 Å². The number of anilines is 1. The van der Waals surface area contributed by atoms with Crippen LogP contribution in [0.4, 0.5) is 5.69 Å². The van der Waals surface area contributed by atoms with Gasteiger partial charge in [0, 0.05) is 5.69 Å². The molecule has 0 saturated heterocycles. The number of fused-ring (bicyclic) bond motifs is 1. The summed E-state index contributed by atoms with van der Waals surface area (Å²) in [7, 11) is 3.05. The molecule has 4 rings (SSSR count). The number of imidazole rings is 1. The van der Waals surface area contributed by atoms with Crippen LogP contribution < -0.4 is 14.8 Å². The molecule has 0 aliphatic carbocycles. The first-order chi connectivity index (χ1) is 14.6. The van der Waals surface area contributed by atoms with Crippen molar-refractivity contribution >= 4 is 22.6 Å². The van der Waals surface area contributed by atoms with E-state index in [1.54, 1.807) is 18.2 Å². The van der Waals surface area contributed by atoms with E-state index in [-0.39, 0.29) is 11.9 Å². The molecule has 1 N–H and O–H groups in total. The van der Waals surface area contributed by atoms with E-state index in [4.69, 9.17) is 9.47 Å². The van der Waals surface area contributed by atoms with Gasteiger partial charge in [0.25, 0.3) is 5.91 Å². The molecule has 1 heterocycles. The maximum atomic E-state index is 12.9. The van der Waals surface area contributed by atoms with Gasteiger partial charge in [-0.1, -0.05) is 36.4 Å². The van der Waals surface area contributed by atoms with Gasteiger partial charge in [-0.15, -0.1) is 0 Å². The average molecular weight is 401 g/mol. The van der Waals surface area contributed by atoms with Crippen molar-refractivity contribution in [3.63, 3.8) is 0 Å². The molecule has 0 aliphatic rings. The molecule has 0 fully saturated rings. The molecule has 1 unspecified atom stereocenters. The van der Waals surface area contributed by atoms with Crippen molar-refractivity contribution in [1.29, 1.82) is 0 Å². The zero-order valence-electron chi connectivity index (χ0n) is 17.1. The molecule has 6 nitrogen and oxygen atoms in total.